The first-order chi connectivity index (χ1) is 7.65. The number of halogens is 1. The van der Waals surface area contributed by atoms with Crippen LogP contribution in [-0.4, -0.2) is 11.5 Å². The van der Waals surface area contributed by atoms with Crippen molar-refractivity contribution < 1.29 is 4.39 Å². The summed E-state index contributed by atoms with van der Waals surface area (Å²) in [6, 6.07) is 1.66. The SMILES string of the molecule is CCCNC(C=C(C)C)c1ccncc1F. The van der Waals surface area contributed by atoms with E-state index in [1.54, 1.807) is 12.3 Å². The highest BCUT2D eigenvalue weighted by molar-refractivity contribution is 5.23. The minimum Gasteiger partial charge on any atom is -0.307 e. The number of nitrogens with zero attached hydrogens (tertiary/aromatic N) is 1. The minimum absolute atomic E-state index is 0.0621. The maximum Gasteiger partial charge on any atom is 0.146 e. The van der Waals surface area contributed by atoms with Gasteiger partial charge in [-0.05, 0) is 32.9 Å². The molecule has 3 heteroatoms. The maximum absolute atomic E-state index is 13.6. The van der Waals surface area contributed by atoms with Crippen molar-refractivity contribution in [2.45, 2.75) is 33.2 Å². The minimum atomic E-state index is -0.256. The zero-order valence-corrected chi connectivity index (χ0v) is 10.1. The number of rotatable bonds is 5. The Balaban J connectivity index is 2.92. The number of nitrogens with one attached hydrogen (secondary N) is 1. The fourth-order valence-electron chi connectivity index (χ4n) is 1.53. The summed E-state index contributed by atoms with van der Waals surface area (Å²) in [4.78, 5) is 3.76. The van der Waals surface area contributed by atoms with Gasteiger partial charge in [-0.3, -0.25) is 4.98 Å². The van der Waals surface area contributed by atoms with Gasteiger partial charge in [-0.15, -0.1) is 0 Å². The third-order valence-corrected chi connectivity index (χ3v) is 2.25. The van der Waals surface area contributed by atoms with Gasteiger partial charge >= 0.3 is 0 Å². The highest BCUT2D eigenvalue weighted by Gasteiger charge is 2.11. The second-order valence-electron chi connectivity index (χ2n) is 4.07. The highest BCUT2D eigenvalue weighted by Crippen LogP contribution is 2.18. The van der Waals surface area contributed by atoms with Crippen molar-refractivity contribution in [1.82, 2.24) is 10.3 Å². The van der Waals surface area contributed by atoms with Crippen molar-refractivity contribution >= 4 is 0 Å². The van der Waals surface area contributed by atoms with Crippen molar-refractivity contribution in [3.63, 3.8) is 0 Å². The molecule has 88 valence electrons. The van der Waals surface area contributed by atoms with Gasteiger partial charge < -0.3 is 5.32 Å². The molecule has 1 aromatic heterocycles. The van der Waals surface area contributed by atoms with Crippen LogP contribution >= 0.6 is 0 Å². The van der Waals surface area contributed by atoms with E-state index in [1.165, 1.54) is 11.8 Å². The summed E-state index contributed by atoms with van der Waals surface area (Å²) in [5, 5.41) is 3.31. The van der Waals surface area contributed by atoms with E-state index in [0.717, 1.165) is 13.0 Å². The number of aromatic nitrogens is 1. The molecular weight excluding hydrogens is 203 g/mol. The van der Waals surface area contributed by atoms with Gasteiger partial charge in [0.1, 0.15) is 5.82 Å². The molecule has 16 heavy (non-hydrogen) atoms. The summed E-state index contributed by atoms with van der Waals surface area (Å²) in [6.45, 7) is 6.99. The van der Waals surface area contributed by atoms with E-state index in [-0.39, 0.29) is 11.9 Å². The quantitative estimate of drug-likeness (QED) is 0.774. The molecule has 0 aliphatic heterocycles. The van der Waals surface area contributed by atoms with E-state index in [9.17, 15) is 4.39 Å². The molecule has 0 radical (unpaired) electrons. The smallest absolute Gasteiger partial charge is 0.146 e. The lowest BCUT2D eigenvalue weighted by molar-refractivity contribution is 0.550. The number of allylic oxidation sites excluding steroid dienone is 1. The van der Waals surface area contributed by atoms with Crippen LogP contribution in [0.25, 0.3) is 0 Å². The summed E-state index contributed by atoms with van der Waals surface area (Å²) >= 11 is 0. The van der Waals surface area contributed by atoms with Crippen LogP contribution in [0, 0.1) is 5.82 Å². The second kappa shape index (κ2) is 6.38. The first-order valence-corrected chi connectivity index (χ1v) is 5.63. The average molecular weight is 222 g/mol. The van der Waals surface area contributed by atoms with Crippen LogP contribution < -0.4 is 5.32 Å². The molecule has 0 aliphatic carbocycles. The van der Waals surface area contributed by atoms with Crippen molar-refractivity contribution in [2.75, 3.05) is 6.54 Å². The maximum atomic E-state index is 13.6. The normalized spacial score (nSPS) is 12.2. The first-order valence-electron chi connectivity index (χ1n) is 5.63. The van der Waals surface area contributed by atoms with Gasteiger partial charge in [-0.25, -0.2) is 4.39 Å². The van der Waals surface area contributed by atoms with E-state index in [4.69, 9.17) is 0 Å². The van der Waals surface area contributed by atoms with Gasteiger partial charge in [0.05, 0.1) is 12.2 Å². The van der Waals surface area contributed by atoms with Crippen LogP contribution in [0.5, 0.6) is 0 Å². The molecule has 1 unspecified atom stereocenters. The molecule has 1 heterocycles. The molecular formula is C13H19FN2. The fourth-order valence-corrected chi connectivity index (χ4v) is 1.53. The van der Waals surface area contributed by atoms with Gasteiger partial charge in [0.2, 0.25) is 0 Å². The molecule has 1 aromatic rings. The van der Waals surface area contributed by atoms with Crippen LogP contribution in [0.1, 0.15) is 38.8 Å². The molecule has 0 saturated heterocycles. The summed E-state index contributed by atoms with van der Waals surface area (Å²) in [5.74, 6) is -0.256. The van der Waals surface area contributed by atoms with Gasteiger partial charge in [-0.2, -0.15) is 0 Å². The van der Waals surface area contributed by atoms with Gasteiger partial charge in [0, 0.05) is 11.8 Å². The molecule has 2 nitrogen and oxygen atoms in total. The summed E-state index contributed by atoms with van der Waals surface area (Å²) in [6.07, 6.45) is 5.94. The number of hydrogen-bond acceptors (Lipinski definition) is 2. The number of pyridine rings is 1. The van der Waals surface area contributed by atoms with Crippen LogP contribution in [0.3, 0.4) is 0 Å². The lowest BCUT2D eigenvalue weighted by Crippen LogP contribution is -2.21. The van der Waals surface area contributed by atoms with Crippen molar-refractivity contribution in [3.05, 3.63) is 41.5 Å². The zero-order valence-electron chi connectivity index (χ0n) is 10.1. The third kappa shape index (κ3) is 3.74. The van der Waals surface area contributed by atoms with E-state index in [1.807, 2.05) is 19.9 Å². The molecule has 0 aromatic carbocycles. The van der Waals surface area contributed by atoms with E-state index >= 15 is 0 Å². The Morgan fingerprint density at radius 3 is 2.88 bits per heavy atom. The van der Waals surface area contributed by atoms with Gasteiger partial charge in [0.25, 0.3) is 0 Å². The number of hydrogen-bond donors (Lipinski definition) is 1. The molecule has 0 aliphatic rings. The average Bonchev–Trinajstić information content (AvgIpc) is 2.24. The van der Waals surface area contributed by atoms with Crippen molar-refractivity contribution in [2.24, 2.45) is 0 Å². The molecule has 0 saturated carbocycles. The Kier molecular flexibility index (Phi) is 5.12. The standard InChI is InChI=1S/C13H19FN2/c1-4-6-16-13(8-10(2)3)11-5-7-15-9-12(11)14/h5,7-9,13,16H,4,6H2,1-3H3. The molecule has 0 spiro atoms. The monoisotopic (exact) mass is 222 g/mol. The Morgan fingerprint density at radius 2 is 2.31 bits per heavy atom. The molecule has 1 N–H and O–H groups in total. The Labute approximate surface area is 96.6 Å². The van der Waals surface area contributed by atoms with Crippen LogP contribution in [0.2, 0.25) is 0 Å². The van der Waals surface area contributed by atoms with Crippen LogP contribution in [0.4, 0.5) is 4.39 Å². The highest BCUT2D eigenvalue weighted by atomic mass is 19.1. The summed E-state index contributed by atoms with van der Waals surface area (Å²) in [5.41, 5.74) is 1.83. The lowest BCUT2D eigenvalue weighted by Gasteiger charge is -2.16. The molecule has 0 fully saturated rings. The van der Waals surface area contributed by atoms with E-state index < -0.39 is 0 Å². The third-order valence-electron chi connectivity index (χ3n) is 2.25. The van der Waals surface area contributed by atoms with E-state index in [2.05, 4.69) is 17.2 Å². The molecule has 1 rings (SSSR count). The van der Waals surface area contributed by atoms with Crippen molar-refractivity contribution in [1.29, 1.82) is 0 Å². The predicted molar refractivity (Wildman–Crippen MR) is 64.7 cm³/mol. The Morgan fingerprint density at radius 1 is 1.56 bits per heavy atom. The largest absolute Gasteiger partial charge is 0.307 e. The lowest BCUT2D eigenvalue weighted by atomic mass is 10.1. The second-order valence-corrected chi connectivity index (χ2v) is 4.07. The van der Waals surface area contributed by atoms with Gasteiger partial charge in [0.15, 0.2) is 0 Å². The van der Waals surface area contributed by atoms with Crippen molar-refractivity contribution in [3.8, 4) is 0 Å². The van der Waals surface area contributed by atoms with E-state index in [0.29, 0.717) is 5.56 Å². The molecule has 1 atom stereocenters. The molecule has 0 amide bonds. The summed E-state index contributed by atoms with van der Waals surface area (Å²) < 4.78 is 13.6. The fraction of sp³-hybridized carbons (Fsp3) is 0.462. The first kappa shape index (κ1) is 12.8. The van der Waals surface area contributed by atoms with Gasteiger partial charge in [-0.1, -0.05) is 18.6 Å². The Hall–Kier alpha value is -1.22. The predicted octanol–water partition coefficient (Wildman–Crippen LogP) is 3.23. The van der Waals surface area contributed by atoms with Crippen LogP contribution in [-0.2, 0) is 0 Å². The van der Waals surface area contributed by atoms with Crippen LogP contribution in [0.15, 0.2) is 30.1 Å². The molecule has 0 bridgehead atoms. The zero-order chi connectivity index (χ0) is 12.0. The Bertz CT molecular complexity index is 357. The topological polar surface area (TPSA) is 24.9 Å². The summed E-state index contributed by atoms with van der Waals surface area (Å²) in [7, 11) is 0.